The van der Waals surface area contributed by atoms with Crippen molar-refractivity contribution in [2.75, 3.05) is 4.90 Å². The van der Waals surface area contributed by atoms with Crippen molar-refractivity contribution in [3.05, 3.63) is 61.2 Å². The van der Waals surface area contributed by atoms with Gasteiger partial charge in [0.05, 0.1) is 6.54 Å². The summed E-state index contributed by atoms with van der Waals surface area (Å²) >= 11 is 0. The van der Waals surface area contributed by atoms with E-state index in [1.165, 1.54) is 0 Å². The predicted octanol–water partition coefficient (Wildman–Crippen LogP) is 3.28. The van der Waals surface area contributed by atoms with Crippen LogP contribution in [0.4, 0.5) is 5.69 Å². The number of nitrogens with zero attached hydrogens (tertiary/aromatic N) is 4. The fourth-order valence-corrected chi connectivity index (χ4v) is 2.43. The van der Waals surface area contributed by atoms with Gasteiger partial charge in [0, 0.05) is 42.1 Å². The first-order valence-corrected chi connectivity index (χ1v) is 7.34. The van der Waals surface area contributed by atoms with E-state index >= 15 is 0 Å². The molecule has 0 spiro atoms. The Morgan fingerprint density at radius 3 is 2.64 bits per heavy atom. The minimum Gasteiger partial charge on any atom is -0.362 e. The van der Waals surface area contributed by atoms with Gasteiger partial charge in [-0.05, 0) is 31.5 Å². The van der Waals surface area contributed by atoms with Gasteiger partial charge in [-0.1, -0.05) is 12.1 Å². The third-order valence-corrected chi connectivity index (χ3v) is 3.57. The van der Waals surface area contributed by atoms with Gasteiger partial charge in [-0.2, -0.15) is 0 Å². The molecule has 2 aromatic heterocycles. The largest absolute Gasteiger partial charge is 0.362 e. The Bertz CT molecular complexity index is 707. The van der Waals surface area contributed by atoms with Crippen molar-refractivity contribution in [1.29, 1.82) is 0 Å². The minimum atomic E-state index is 0.368. The van der Waals surface area contributed by atoms with Crippen molar-refractivity contribution in [1.82, 2.24) is 19.9 Å². The normalized spacial score (nSPS) is 10.9. The van der Waals surface area contributed by atoms with Gasteiger partial charge in [-0.3, -0.25) is 0 Å². The Kier molecular flexibility index (Phi) is 4.14. The molecule has 0 saturated heterocycles. The number of nitrogens with one attached hydrogen (secondary N) is 1. The monoisotopic (exact) mass is 293 g/mol. The predicted molar refractivity (Wildman–Crippen MR) is 87.4 cm³/mol. The zero-order chi connectivity index (χ0) is 15.4. The second kappa shape index (κ2) is 6.39. The Morgan fingerprint density at radius 1 is 1.14 bits per heavy atom. The van der Waals surface area contributed by atoms with E-state index in [0.29, 0.717) is 6.04 Å². The van der Waals surface area contributed by atoms with E-state index in [-0.39, 0.29) is 0 Å². The zero-order valence-electron chi connectivity index (χ0n) is 12.8. The number of benzene rings is 1. The molecule has 0 bridgehead atoms. The molecule has 0 aliphatic rings. The van der Waals surface area contributed by atoms with Crippen LogP contribution in [0.2, 0.25) is 0 Å². The molecule has 112 valence electrons. The standard InChI is InChI=1S/C17H19N5/c1-13(2)22(11-17-20-6-7-21-17)16-5-3-4-14(8-16)15-9-18-12-19-10-15/h3-10,12-13H,11H2,1-2H3,(H,20,21). The molecule has 1 aromatic carbocycles. The first-order valence-electron chi connectivity index (χ1n) is 7.34. The molecular weight excluding hydrogens is 274 g/mol. The lowest BCUT2D eigenvalue weighted by Gasteiger charge is -2.28. The maximum absolute atomic E-state index is 4.33. The molecule has 0 radical (unpaired) electrons. The van der Waals surface area contributed by atoms with Crippen LogP contribution in [0.25, 0.3) is 11.1 Å². The van der Waals surface area contributed by atoms with Gasteiger partial charge in [-0.15, -0.1) is 0 Å². The molecule has 0 aliphatic heterocycles. The maximum Gasteiger partial charge on any atom is 0.125 e. The van der Waals surface area contributed by atoms with Gasteiger partial charge in [0.1, 0.15) is 12.2 Å². The van der Waals surface area contributed by atoms with Crippen molar-refractivity contribution in [3.8, 4) is 11.1 Å². The van der Waals surface area contributed by atoms with E-state index in [9.17, 15) is 0 Å². The third kappa shape index (κ3) is 3.14. The number of aromatic amines is 1. The minimum absolute atomic E-state index is 0.368. The van der Waals surface area contributed by atoms with E-state index in [1.54, 1.807) is 12.5 Å². The summed E-state index contributed by atoms with van der Waals surface area (Å²) in [6.07, 6.45) is 8.85. The zero-order valence-corrected chi connectivity index (χ0v) is 12.8. The van der Waals surface area contributed by atoms with Crippen LogP contribution in [-0.4, -0.2) is 26.0 Å². The highest BCUT2D eigenvalue weighted by Gasteiger charge is 2.13. The molecule has 3 aromatic rings. The number of hydrogen-bond acceptors (Lipinski definition) is 4. The Hall–Kier alpha value is -2.69. The fraction of sp³-hybridized carbons (Fsp3) is 0.235. The summed E-state index contributed by atoms with van der Waals surface area (Å²) in [6.45, 7) is 5.11. The molecular formula is C17H19N5. The Labute approximate surface area is 130 Å². The summed E-state index contributed by atoms with van der Waals surface area (Å²) < 4.78 is 0. The summed E-state index contributed by atoms with van der Waals surface area (Å²) in [5.41, 5.74) is 3.29. The first kappa shape index (κ1) is 14.3. The van der Waals surface area contributed by atoms with Crippen molar-refractivity contribution in [3.63, 3.8) is 0 Å². The number of imidazole rings is 1. The van der Waals surface area contributed by atoms with Crippen LogP contribution in [0.15, 0.2) is 55.4 Å². The molecule has 5 heteroatoms. The average molecular weight is 293 g/mol. The van der Waals surface area contributed by atoms with Crippen LogP contribution in [-0.2, 0) is 6.54 Å². The van der Waals surface area contributed by atoms with Gasteiger partial charge < -0.3 is 9.88 Å². The van der Waals surface area contributed by atoms with Gasteiger partial charge in [0.25, 0.3) is 0 Å². The van der Waals surface area contributed by atoms with Gasteiger partial charge in [-0.25, -0.2) is 15.0 Å². The maximum atomic E-state index is 4.33. The lowest BCUT2D eigenvalue weighted by atomic mass is 10.1. The highest BCUT2D eigenvalue weighted by molar-refractivity contribution is 5.67. The van der Waals surface area contributed by atoms with Crippen molar-refractivity contribution in [2.45, 2.75) is 26.4 Å². The van der Waals surface area contributed by atoms with Crippen LogP contribution in [0.5, 0.6) is 0 Å². The average Bonchev–Trinajstić information content (AvgIpc) is 3.06. The van der Waals surface area contributed by atoms with E-state index in [4.69, 9.17) is 0 Å². The van der Waals surface area contributed by atoms with Crippen LogP contribution in [0.1, 0.15) is 19.7 Å². The summed E-state index contributed by atoms with van der Waals surface area (Å²) in [4.78, 5) is 18.0. The molecule has 0 aliphatic carbocycles. The number of aromatic nitrogens is 4. The highest BCUT2D eigenvalue weighted by atomic mass is 15.2. The van der Waals surface area contributed by atoms with Crippen molar-refractivity contribution >= 4 is 5.69 Å². The van der Waals surface area contributed by atoms with Gasteiger partial charge in [0.15, 0.2) is 0 Å². The summed E-state index contributed by atoms with van der Waals surface area (Å²) in [6, 6.07) is 8.80. The number of anilines is 1. The molecule has 0 atom stereocenters. The topological polar surface area (TPSA) is 57.7 Å². The Morgan fingerprint density at radius 2 is 1.95 bits per heavy atom. The quantitative estimate of drug-likeness (QED) is 0.784. The van der Waals surface area contributed by atoms with E-state index in [0.717, 1.165) is 29.2 Å². The van der Waals surface area contributed by atoms with Crippen LogP contribution < -0.4 is 4.90 Å². The van der Waals surface area contributed by atoms with E-state index in [2.05, 4.69) is 62.9 Å². The van der Waals surface area contributed by atoms with Crippen molar-refractivity contribution < 1.29 is 0 Å². The van der Waals surface area contributed by atoms with Crippen LogP contribution in [0, 0.1) is 0 Å². The van der Waals surface area contributed by atoms with Crippen LogP contribution >= 0.6 is 0 Å². The van der Waals surface area contributed by atoms with E-state index < -0.39 is 0 Å². The molecule has 0 fully saturated rings. The van der Waals surface area contributed by atoms with E-state index in [1.807, 2.05) is 18.6 Å². The Balaban J connectivity index is 1.91. The SMILES string of the molecule is CC(C)N(Cc1ncc[nH]1)c1cccc(-c2cncnc2)c1. The second-order valence-corrected chi connectivity index (χ2v) is 5.43. The lowest BCUT2D eigenvalue weighted by Crippen LogP contribution is -2.30. The number of H-pyrrole nitrogens is 1. The molecule has 0 saturated carbocycles. The number of hydrogen-bond donors (Lipinski definition) is 1. The van der Waals surface area contributed by atoms with Crippen LogP contribution in [0.3, 0.4) is 0 Å². The molecule has 0 unspecified atom stereocenters. The summed E-state index contributed by atoms with van der Waals surface area (Å²) in [5, 5.41) is 0. The lowest BCUT2D eigenvalue weighted by molar-refractivity contribution is 0.666. The van der Waals surface area contributed by atoms with Crippen molar-refractivity contribution in [2.24, 2.45) is 0 Å². The summed E-state index contributed by atoms with van der Waals surface area (Å²) in [7, 11) is 0. The van der Waals surface area contributed by atoms with Gasteiger partial charge in [0.2, 0.25) is 0 Å². The molecule has 2 heterocycles. The third-order valence-electron chi connectivity index (χ3n) is 3.57. The van der Waals surface area contributed by atoms with Gasteiger partial charge >= 0.3 is 0 Å². The molecule has 22 heavy (non-hydrogen) atoms. The number of rotatable bonds is 5. The fourth-order valence-electron chi connectivity index (χ4n) is 2.43. The molecule has 3 rings (SSSR count). The first-order chi connectivity index (χ1) is 10.7. The second-order valence-electron chi connectivity index (χ2n) is 5.43. The summed E-state index contributed by atoms with van der Waals surface area (Å²) in [5.74, 6) is 0.960. The molecule has 5 nitrogen and oxygen atoms in total. The highest BCUT2D eigenvalue weighted by Crippen LogP contribution is 2.25. The smallest absolute Gasteiger partial charge is 0.125 e. The molecule has 1 N–H and O–H groups in total. The molecule has 0 amide bonds.